The predicted molar refractivity (Wildman–Crippen MR) is 83.3 cm³/mol. The van der Waals surface area contributed by atoms with E-state index in [1.807, 2.05) is 19.9 Å². The highest BCUT2D eigenvalue weighted by molar-refractivity contribution is 7.98. The molecule has 0 fully saturated rings. The summed E-state index contributed by atoms with van der Waals surface area (Å²) in [5, 5.41) is 19.8. The topological polar surface area (TPSA) is 66.9 Å². The first-order chi connectivity index (χ1) is 9.99. The Morgan fingerprint density at radius 2 is 1.86 bits per heavy atom. The van der Waals surface area contributed by atoms with Crippen molar-refractivity contribution in [3.05, 3.63) is 68.8 Å². The van der Waals surface area contributed by atoms with E-state index in [1.54, 1.807) is 6.07 Å². The van der Waals surface area contributed by atoms with Crippen molar-refractivity contribution >= 4 is 17.4 Å². The van der Waals surface area contributed by atoms with Crippen LogP contribution in [0, 0.1) is 35.3 Å². The Balaban J connectivity index is 2.20. The molecule has 106 valence electrons. The average molecular weight is 298 g/mol. The molecule has 0 aliphatic carbocycles. The molecule has 0 radical (unpaired) electrons. The molecule has 0 unspecified atom stereocenters. The van der Waals surface area contributed by atoms with Crippen molar-refractivity contribution in [1.29, 1.82) is 5.26 Å². The molecule has 0 heterocycles. The number of hydrogen-bond acceptors (Lipinski definition) is 4. The van der Waals surface area contributed by atoms with Gasteiger partial charge in [0.15, 0.2) is 0 Å². The van der Waals surface area contributed by atoms with Crippen molar-refractivity contribution in [3.8, 4) is 6.07 Å². The monoisotopic (exact) mass is 298 g/mol. The Morgan fingerprint density at radius 3 is 2.43 bits per heavy atom. The Morgan fingerprint density at radius 1 is 1.19 bits per heavy atom. The van der Waals surface area contributed by atoms with Crippen LogP contribution in [-0.4, -0.2) is 4.92 Å². The lowest BCUT2D eigenvalue weighted by Crippen LogP contribution is -1.91. The van der Waals surface area contributed by atoms with Gasteiger partial charge >= 0.3 is 0 Å². The quantitative estimate of drug-likeness (QED) is 0.477. The lowest BCUT2D eigenvalue weighted by Gasteiger charge is -2.06. The second-order valence-electron chi connectivity index (χ2n) is 4.83. The average Bonchev–Trinajstić information content (AvgIpc) is 2.43. The van der Waals surface area contributed by atoms with E-state index in [0.29, 0.717) is 5.56 Å². The van der Waals surface area contributed by atoms with Gasteiger partial charge in [-0.1, -0.05) is 29.3 Å². The number of non-ortho nitro benzene ring substituents is 1. The van der Waals surface area contributed by atoms with Crippen molar-refractivity contribution in [2.24, 2.45) is 0 Å². The van der Waals surface area contributed by atoms with Gasteiger partial charge in [0.2, 0.25) is 0 Å². The SMILES string of the molecule is Cc1cc(C)cc(CSc2ccc([N+](=O)[O-])cc2C#N)c1. The summed E-state index contributed by atoms with van der Waals surface area (Å²) in [5.41, 5.74) is 3.88. The van der Waals surface area contributed by atoms with E-state index in [2.05, 4.69) is 18.2 Å². The molecule has 0 aliphatic rings. The largest absolute Gasteiger partial charge is 0.270 e. The first kappa shape index (κ1) is 15.1. The Hall–Kier alpha value is -2.32. The van der Waals surface area contributed by atoms with Crippen molar-refractivity contribution in [2.45, 2.75) is 24.5 Å². The minimum atomic E-state index is -0.487. The molecule has 2 rings (SSSR count). The molecule has 0 spiro atoms. The van der Waals surface area contributed by atoms with E-state index >= 15 is 0 Å². The van der Waals surface area contributed by atoms with E-state index in [4.69, 9.17) is 5.26 Å². The molecule has 5 heteroatoms. The van der Waals surface area contributed by atoms with E-state index < -0.39 is 4.92 Å². The maximum atomic E-state index is 10.7. The van der Waals surface area contributed by atoms with Crippen LogP contribution in [-0.2, 0) is 5.75 Å². The van der Waals surface area contributed by atoms with E-state index in [9.17, 15) is 10.1 Å². The van der Waals surface area contributed by atoms with Crippen molar-refractivity contribution in [2.75, 3.05) is 0 Å². The summed E-state index contributed by atoms with van der Waals surface area (Å²) in [7, 11) is 0. The molecular weight excluding hydrogens is 284 g/mol. The molecule has 0 amide bonds. The van der Waals surface area contributed by atoms with Gasteiger partial charge in [-0.05, 0) is 25.5 Å². The summed E-state index contributed by atoms with van der Waals surface area (Å²) >= 11 is 1.52. The van der Waals surface area contributed by atoms with E-state index in [-0.39, 0.29) is 5.69 Å². The van der Waals surface area contributed by atoms with Crippen molar-refractivity contribution in [1.82, 2.24) is 0 Å². The van der Waals surface area contributed by atoms with Gasteiger partial charge in [0.05, 0.1) is 10.5 Å². The summed E-state index contributed by atoms with van der Waals surface area (Å²) in [6.45, 7) is 4.10. The maximum Gasteiger partial charge on any atom is 0.270 e. The highest BCUT2D eigenvalue weighted by Gasteiger charge is 2.11. The van der Waals surface area contributed by atoms with Gasteiger partial charge in [-0.2, -0.15) is 5.26 Å². The maximum absolute atomic E-state index is 10.7. The lowest BCUT2D eigenvalue weighted by molar-refractivity contribution is -0.384. The summed E-state index contributed by atoms with van der Waals surface area (Å²) in [6, 6.07) is 12.8. The normalized spacial score (nSPS) is 10.1. The smallest absolute Gasteiger partial charge is 0.258 e. The second kappa shape index (κ2) is 6.42. The summed E-state index contributed by atoms with van der Waals surface area (Å²) in [5.74, 6) is 0.731. The first-order valence-corrected chi connectivity index (χ1v) is 7.36. The fourth-order valence-corrected chi connectivity index (χ4v) is 3.07. The first-order valence-electron chi connectivity index (χ1n) is 6.38. The Bertz CT molecular complexity index is 715. The summed E-state index contributed by atoms with van der Waals surface area (Å²) < 4.78 is 0. The third-order valence-electron chi connectivity index (χ3n) is 2.97. The number of aryl methyl sites for hydroxylation is 2. The van der Waals surface area contributed by atoms with Gasteiger partial charge < -0.3 is 0 Å². The molecule has 0 atom stereocenters. The minimum absolute atomic E-state index is 0.0534. The van der Waals surface area contributed by atoms with Crippen LogP contribution in [0.4, 0.5) is 5.69 Å². The van der Waals surface area contributed by atoms with Crippen LogP contribution in [0.3, 0.4) is 0 Å². The molecule has 0 saturated carbocycles. The van der Waals surface area contributed by atoms with Crippen LogP contribution in [0.5, 0.6) is 0 Å². The molecule has 0 aromatic heterocycles. The highest BCUT2D eigenvalue weighted by Crippen LogP contribution is 2.29. The summed E-state index contributed by atoms with van der Waals surface area (Å²) in [4.78, 5) is 11.0. The predicted octanol–water partition coefficient (Wildman–Crippen LogP) is 4.38. The van der Waals surface area contributed by atoms with E-state index in [1.165, 1.54) is 40.6 Å². The molecule has 0 N–H and O–H groups in total. The molecule has 2 aromatic carbocycles. The third-order valence-corrected chi connectivity index (χ3v) is 4.11. The molecule has 0 saturated heterocycles. The Kier molecular flexibility index (Phi) is 4.61. The number of benzene rings is 2. The van der Waals surface area contributed by atoms with E-state index in [0.717, 1.165) is 10.6 Å². The van der Waals surface area contributed by atoms with Gasteiger partial charge in [-0.3, -0.25) is 10.1 Å². The number of nitro benzene ring substituents is 1. The second-order valence-corrected chi connectivity index (χ2v) is 5.85. The zero-order valence-electron chi connectivity index (χ0n) is 11.8. The van der Waals surface area contributed by atoms with Crippen molar-refractivity contribution < 1.29 is 4.92 Å². The Labute approximate surface area is 127 Å². The molecule has 4 nitrogen and oxygen atoms in total. The molecule has 21 heavy (non-hydrogen) atoms. The summed E-state index contributed by atoms with van der Waals surface area (Å²) in [6.07, 6.45) is 0. The van der Waals surface area contributed by atoms with Crippen LogP contribution in [0.25, 0.3) is 0 Å². The van der Waals surface area contributed by atoms with Crippen LogP contribution >= 0.6 is 11.8 Å². The standard InChI is InChI=1S/C16H14N2O2S/c1-11-5-12(2)7-13(6-11)10-21-16-4-3-15(18(19)20)8-14(16)9-17/h3-8H,10H2,1-2H3. The number of nitrogens with zero attached hydrogens (tertiary/aromatic N) is 2. The molecule has 0 bridgehead atoms. The van der Waals surface area contributed by atoms with Gasteiger partial charge in [-0.15, -0.1) is 11.8 Å². The number of thioether (sulfide) groups is 1. The highest BCUT2D eigenvalue weighted by atomic mass is 32.2. The van der Waals surface area contributed by atoms with Crippen molar-refractivity contribution in [3.63, 3.8) is 0 Å². The van der Waals surface area contributed by atoms with Gasteiger partial charge in [0, 0.05) is 22.8 Å². The van der Waals surface area contributed by atoms with Gasteiger partial charge in [0.1, 0.15) is 6.07 Å². The molecule has 2 aromatic rings. The third kappa shape index (κ3) is 3.83. The minimum Gasteiger partial charge on any atom is -0.258 e. The number of hydrogen-bond donors (Lipinski definition) is 0. The van der Waals surface area contributed by atoms with Gasteiger partial charge in [-0.25, -0.2) is 0 Å². The molecular formula is C16H14N2O2S. The number of nitro groups is 1. The lowest BCUT2D eigenvalue weighted by atomic mass is 10.1. The number of nitriles is 1. The zero-order valence-corrected chi connectivity index (χ0v) is 12.6. The van der Waals surface area contributed by atoms with Crippen LogP contribution in [0.1, 0.15) is 22.3 Å². The fraction of sp³-hybridized carbons (Fsp3) is 0.188. The van der Waals surface area contributed by atoms with Gasteiger partial charge in [0.25, 0.3) is 5.69 Å². The fourth-order valence-electron chi connectivity index (χ4n) is 2.16. The van der Waals surface area contributed by atoms with Crippen LogP contribution in [0.15, 0.2) is 41.3 Å². The van der Waals surface area contributed by atoms with Crippen LogP contribution in [0.2, 0.25) is 0 Å². The molecule has 0 aliphatic heterocycles. The zero-order chi connectivity index (χ0) is 15.4. The number of rotatable bonds is 4. The van der Waals surface area contributed by atoms with Crippen LogP contribution < -0.4 is 0 Å².